The van der Waals surface area contributed by atoms with Gasteiger partial charge in [-0.1, -0.05) is 25.5 Å². The van der Waals surface area contributed by atoms with Crippen LogP contribution in [0.5, 0.6) is 0 Å². The maximum atomic E-state index is 12.9. The first-order valence-electron chi connectivity index (χ1n) is 7.34. The zero-order valence-electron chi connectivity index (χ0n) is 12.2. The van der Waals surface area contributed by atoms with E-state index in [4.69, 9.17) is 0 Å². The molecule has 1 heterocycles. The van der Waals surface area contributed by atoms with Gasteiger partial charge in [0.1, 0.15) is 5.82 Å². The van der Waals surface area contributed by atoms with Crippen molar-refractivity contribution in [1.82, 2.24) is 10.6 Å². The van der Waals surface area contributed by atoms with Crippen molar-refractivity contribution in [3.05, 3.63) is 35.6 Å². The van der Waals surface area contributed by atoms with Gasteiger partial charge in [0.2, 0.25) is 5.91 Å². The molecule has 0 radical (unpaired) electrons. The van der Waals surface area contributed by atoms with E-state index in [-0.39, 0.29) is 23.2 Å². The fourth-order valence-corrected chi connectivity index (χ4v) is 2.93. The van der Waals surface area contributed by atoms with Crippen LogP contribution in [0.2, 0.25) is 0 Å². The molecule has 4 heteroatoms. The van der Waals surface area contributed by atoms with Gasteiger partial charge < -0.3 is 10.6 Å². The highest BCUT2D eigenvalue weighted by Crippen LogP contribution is 2.32. The van der Waals surface area contributed by atoms with Crippen LogP contribution in [0.1, 0.15) is 44.7 Å². The van der Waals surface area contributed by atoms with Gasteiger partial charge in [-0.25, -0.2) is 4.39 Å². The van der Waals surface area contributed by atoms with Crippen LogP contribution in [-0.2, 0) is 4.79 Å². The molecule has 0 aromatic heterocycles. The van der Waals surface area contributed by atoms with Gasteiger partial charge in [-0.05, 0) is 44.0 Å². The van der Waals surface area contributed by atoms with E-state index in [9.17, 15) is 9.18 Å². The molecule has 20 heavy (non-hydrogen) atoms. The van der Waals surface area contributed by atoms with Crippen molar-refractivity contribution in [3.63, 3.8) is 0 Å². The van der Waals surface area contributed by atoms with Crippen LogP contribution in [0.3, 0.4) is 0 Å². The minimum atomic E-state index is -0.275. The topological polar surface area (TPSA) is 41.1 Å². The minimum Gasteiger partial charge on any atom is -0.349 e. The molecule has 0 saturated carbocycles. The summed E-state index contributed by atoms with van der Waals surface area (Å²) < 4.78 is 12.9. The SMILES string of the molecule is CCCC1(C(=O)N[C@H](C)c2ccc(F)cc2)CCNC1. The number of rotatable bonds is 5. The first-order chi connectivity index (χ1) is 9.57. The van der Waals surface area contributed by atoms with Gasteiger partial charge in [0.25, 0.3) is 0 Å². The Bertz CT molecular complexity index is 452. The fourth-order valence-electron chi connectivity index (χ4n) is 2.93. The highest BCUT2D eigenvalue weighted by Gasteiger charge is 2.40. The Morgan fingerprint density at radius 3 is 2.70 bits per heavy atom. The molecular formula is C16H23FN2O. The van der Waals surface area contributed by atoms with E-state index in [2.05, 4.69) is 17.6 Å². The van der Waals surface area contributed by atoms with Crippen molar-refractivity contribution >= 4 is 5.91 Å². The number of carbonyl (C=O) groups is 1. The highest BCUT2D eigenvalue weighted by molar-refractivity contribution is 5.83. The Hall–Kier alpha value is -1.42. The molecule has 3 nitrogen and oxygen atoms in total. The number of hydrogen-bond donors (Lipinski definition) is 2. The summed E-state index contributed by atoms with van der Waals surface area (Å²) in [5.74, 6) is -0.143. The lowest BCUT2D eigenvalue weighted by Crippen LogP contribution is -2.43. The van der Waals surface area contributed by atoms with Gasteiger partial charge >= 0.3 is 0 Å². The van der Waals surface area contributed by atoms with Crippen LogP contribution in [0.25, 0.3) is 0 Å². The summed E-state index contributed by atoms with van der Waals surface area (Å²) >= 11 is 0. The molecule has 0 aliphatic carbocycles. The molecule has 1 aromatic rings. The van der Waals surface area contributed by atoms with Crippen LogP contribution in [0.4, 0.5) is 4.39 Å². The molecule has 1 fully saturated rings. The van der Waals surface area contributed by atoms with E-state index in [0.717, 1.165) is 37.9 Å². The monoisotopic (exact) mass is 278 g/mol. The fraction of sp³-hybridized carbons (Fsp3) is 0.562. The van der Waals surface area contributed by atoms with Crippen molar-refractivity contribution in [2.24, 2.45) is 5.41 Å². The van der Waals surface area contributed by atoms with Crippen molar-refractivity contribution in [3.8, 4) is 0 Å². The van der Waals surface area contributed by atoms with E-state index < -0.39 is 0 Å². The van der Waals surface area contributed by atoms with Crippen molar-refractivity contribution < 1.29 is 9.18 Å². The molecule has 2 rings (SSSR count). The maximum Gasteiger partial charge on any atom is 0.228 e. The summed E-state index contributed by atoms with van der Waals surface area (Å²) in [5, 5.41) is 6.37. The van der Waals surface area contributed by atoms with E-state index in [1.807, 2.05) is 6.92 Å². The number of halogens is 1. The molecule has 1 aliphatic rings. The summed E-state index contributed by atoms with van der Waals surface area (Å²) in [4.78, 5) is 12.6. The van der Waals surface area contributed by atoms with Crippen molar-refractivity contribution in [2.75, 3.05) is 13.1 Å². The summed E-state index contributed by atoms with van der Waals surface area (Å²) in [7, 11) is 0. The number of amides is 1. The van der Waals surface area contributed by atoms with Crippen LogP contribution in [0.15, 0.2) is 24.3 Å². The molecule has 1 unspecified atom stereocenters. The molecule has 1 saturated heterocycles. The standard InChI is InChI=1S/C16H23FN2O/c1-3-8-16(9-10-18-11-16)15(20)19-12(2)13-4-6-14(17)7-5-13/h4-7,12,18H,3,8-11H2,1-2H3,(H,19,20)/t12-,16?/m1/s1. The maximum absolute atomic E-state index is 12.9. The van der Waals surface area contributed by atoms with Gasteiger partial charge in [-0.15, -0.1) is 0 Å². The molecule has 1 amide bonds. The average Bonchev–Trinajstić information content (AvgIpc) is 2.89. The van der Waals surface area contributed by atoms with Gasteiger partial charge in [0.15, 0.2) is 0 Å². The molecule has 110 valence electrons. The lowest BCUT2D eigenvalue weighted by atomic mass is 9.81. The highest BCUT2D eigenvalue weighted by atomic mass is 19.1. The van der Waals surface area contributed by atoms with Crippen LogP contribution in [-0.4, -0.2) is 19.0 Å². The Labute approximate surface area is 120 Å². The van der Waals surface area contributed by atoms with Crippen LogP contribution in [0, 0.1) is 11.2 Å². The quantitative estimate of drug-likeness (QED) is 0.869. The molecule has 2 N–H and O–H groups in total. The molecule has 1 aromatic carbocycles. The zero-order chi connectivity index (χ0) is 14.6. The molecular weight excluding hydrogens is 255 g/mol. The third-order valence-electron chi connectivity index (χ3n) is 4.17. The number of benzene rings is 1. The molecule has 0 spiro atoms. The van der Waals surface area contributed by atoms with Gasteiger partial charge in [0.05, 0.1) is 11.5 Å². The summed E-state index contributed by atoms with van der Waals surface area (Å²) in [6.45, 7) is 5.70. The van der Waals surface area contributed by atoms with Crippen LogP contribution < -0.4 is 10.6 Å². The molecule has 1 aliphatic heterocycles. The predicted octanol–water partition coefficient (Wildman–Crippen LogP) is 2.78. The second kappa shape index (κ2) is 6.35. The summed E-state index contributed by atoms with van der Waals surface area (Å²) in [6.07, 6.45) is 2.80. The van der Waals surface area contributed by atoms with Crippen molar-refractivity contribution in [1.29, 1.82) is 0 Å². The van der Waals surface area contributed by atoms with Crippen LogP contribution >= 0.6 is 0 Å². The van der Waals surface area contributed by atoms with E-state index >= 15 is 0 Å². The third kappa shape index (κ3) is 3.18. The number of carbonyl (C=O) groups excluding carboxylic acids is 1. The Kier molecular flexibility index (Phi) is 4.76. The number of nitrogens with one attached hydrogen (secondary N) is 2. The van der Waals surface area contributed by atoms with Gasteiger partial charge in [-0.2, -0.15) is 0 Å². The minimum absolute atomic E-state index is 0.0996. The summed E-state index contributed by atoms with van der Waals surface area (Å²) in [5.41, 5.74) is 0.653. The molecule has 0 bridgehead atoms. The average molecular weight is 278 g/mol. The van der Waals surface area contributed by atoms with Gasteiger partial charge in [-0.3, -0.25) is 4.79 Å². The predicted molar refractivity (Wildman–Crippen MR) is 77.8 cm³/mol. The second-order valence-corrected chi connectivity index (χ2v) is 5.70. The van der Waals surface area contributed by atoms with Gasteiger partial charge in [0, 0.05) is 6.54 Å². The summed E-state index contributed by atoms with van der Waals surface area (Å²) in [6, 6.07) is 6.20. The Morgan fingerprint density at radius 2 is 2.15 bits per heavy atom. The third-order valence-corrected chi connectivity index (χ3v) is 4.17. The normalized spacial score (nSPS) is 23.6. The van der Waals surface area contributed by atoms with E-state index in [1.54, 1.807) is 12.1 Å². The first-order valence-corrected chi connectivity index (χ1v) is 7.34. The second-order valence-electron chi connectivity index (χ2n) is 5.70. The Balaban J connectivity index is 2.04. The largest absolute Gasteiger partial charge is 0.349 e. The lowest BCUT2D eigenvalue weighted by Gasteiger charge is -2.28. The number of hydrogen-bond acceptors (Lipinski definition) is 2. The Morgan fingerprint density at radius 1 is 1.45 bits per heavy atom. The zero-order valence-corrected chi connectivity index (χ0v) is 12.2. The molecule has 2 atom stereocenters. The smallest absolute Gasteiger partial charge is 0.228 e. The van der Waals surface area contributed by atoms with Crippen molar-refractivity contribution in [2.45, 2.75) is 39.2 Å². The lowest BCUT2D eigenvalue weighted by molar-refractivity contribution is -0.131. The van der Waals surface area contributed by atoms with E-state index in [0.29, 0.717) is 0 Å². The van der Waals surface area contributed by atoms with E-state index in [1.165, 1.54) is 12.1 Å². The first kappa shape index (κ1) is 15.0.